The molecule has 0 bridgehead atoms. The zero-order valence-electron chi connectivity index (χ0n) is 2.93. The van der Waals surface area contributed by atoms with Gasteiger partial charge in [0.15, 0.2) is 0 Å². The second-order valence-electron chi connectivity index (χ2n) is 0.794. The lowest BCUT2D eigenvalue weighted by Gasteiger charge is -1.77. The Hall–Kier alpha value is -0.370. The van der Waals surface area contributed by atoms with Crippen molar-refractivity contribution in [2.45, 2.75) is 13.0 Å². The summed E-state index contributed by atoms with van der Waals surface area (Å²) in [4.78, 5) is 9.13. The smallest absolute Gasteiger partial charge is 0.229 e. The highest BCUT2D eigenvalue weighted by Gasteiger charge is 1.84. The van der Waals surface area contributed by atoms with Crippen LogP contribution in [0.5, 0.6) is 0 Å². The SMILES string of the molecule is CC(O)[C]=O. The Morgan fingerprint density at radius 1 is 2.00 bits per heavy atom. The summed E-state index contributed by atoms with van der Waals surface area (Å²) < 4.78 is 0. The fourth-order valence-electron chi connectivity index (χ4n) is 0. The summed E-state index contributed by atoms with van der Waals surface area (Å²) in [6, 6.07) is 0. The average Bonchev–Trinajstić information content (AvgIpc) is 1.38. The van der Waals surface area contributed by atoms with Crippen molar-refractivity contribution < 1.29 is 9.90 Å². The van der Waals surface area contributed by atoms with Gasteiger partial charge in [-0.3, -0.25) is 4.79 Å². The number of rotatable bonds is 1. The quantitative estimate of drug-likeness (QED) is 0.453. The summed E-state index contributed by atoms with van der Waals surface area (Å²) in [5.41, 5.74) is 0. The number of hydrogen-bond acceptors (Lipinski definition) is 2. The van der Waals surface area contributed by atoms with Gasteiger partial charge in [-0.1, -0.05) is 0 Å². The van der Waals surface area contributed by atoms with Crippen molar-refractivity contribution in [1.82, 2.24) is 0 Å². The average molecular weight is 73.1 g/mol. The molecule has 5 heavy (non-hydrogen) atoms. The maximum absolute atomic E-state index is 9.13. The van der Waals surface area contributed by atoms with E-state index in [1.54, 1.807) is 0 Å². The second-order valence-corrected chi connectivity index (χ2v) is 0.794. The van der Waals surface area contributed by atoms with Crippen molar-refractivity contribution in [1.29, 1.82) is 0 Å². The van der Waals surface area contributed by atoms with Gasteiger partial charge in [0.25, 0.3) is 0 Å². The van der Waals surface area contributed by atoms with Gasteiger partial charge in [0.05, 0.1) is 0 Å². The second kappa shape index (κ2) is 1.91. The topological polar surface area (TPSA) is 37.3 Å². The van der Waals surface area contributed by atoms with Crippen molar-refractivity contribution in [3.8, 4) is 0 Å². The van der Waals surface area contributed by atoms with Gasteiger partial charge in [0.2, 0.25) is 6.29 Å². The third-order valence-corrected chi connectivity index (χ3v) is 0.171. The Labute approximate surface area is 30.4 Å². The van der Waals surface area contributed by atoms with Gasteiger partial charge < -0.3 is 5.11 Å². The molecule has 0 aliphatic carbocycles. The van der Waals surface area contributed by atoms with Crippen LogP contribution in [-0.2, 0) is 4.79 Å². The Balaban J connectivity index is 2.83. The third kappa shape index (κ3) is 3.63. The fourth-order valence-corrected chi connectivity index (χ4v) is 0. The third-order valence-electron chi connectivity index (χ3n) is 0.171. The summed E-state index contributed by atoms with van der Waals surface area (Å²) >= 11 is 0. The molecule has 0 aliphatic rings. The zero-order valence-corrected chi connectivity index (χ0v) is 2.93. The van der Waals surface area contributed by atoms with Gasteiger partial charge in [-0.05, 0) is 6.92 Å². The molecular formula is C3H5O2. The van der Waals surface area contributed by atoms with Gasteiger partial charge in [0, 0.05) is 0 Å². The Bertz CT molecular complexity index is 31.9. The first-order valence-corrected chi connectivity index (χ1v) is 1.33. The van der Waals surface area contributed by atoms with Crippen LogP contribution in [0.3, 0.4) is 0 Å². The Kier molecular flexibility index (Phi) is 1.76. The van der Waals surface area contributed by atoms with Crippen LogP contribution in [0.2, 0.25) is 0 Å². The molecule has 0 aromatic carbocycles. The lowest BCUT2D eigenvalue weighted by Crippen LogP contribution is -1.97. The summed E-state index contributed by atoms with van der Waals surface area (Å²) in [6.45, 7) is 1.35. The maximum atomic E-state index is 9.13. The molecule has 0 saturated heterocycles. The fraction of sp³-hybridized carbons (Fsp3) is 0.667. The molecule has 2 heteroatoms. The minimum absolute atomic E-state index is 0.921. The predicted molar refractivity (Wildman–Crippen MR) is 17.4 cm³/mol. The minimum atomic E-state index is -0.921. The Morgan fingerprint density at radius 3 is 2.20 bits per heavy atom. The van der Waals surface area contributed by atoms with E-state index in [9.17, 15) is 0 Å². The van der Waals surface area contributed by atoms with E-state index in [0.29, 0.717) is 0 Å². The Morgan fingerprint density at radius 2 is 2.20 bits per heavy atom. The molecule has 0 saturated carbocycles. The van der Waals surface area contributed by atoms with Crippen LogP contribution in [0.1, 0.15) is 6.92 Å². The highest BCUT2D eigenvalue weighted by molar-refractivity contribution is 5.55. The van der Waals surface area contributed by atoms with Crippen LogP contribution >= 0.6 is 0 Å². The molecule has 29 valence electrons. The summed E-state index contributed by atoms with van der Waals surface area (Å²) in [5.74, 6) is 0. The molecule has 0 rings (SSSR count). The van der Waals surface area contributed by atoms with Crippen molar-refractivity contribution in [3.63, 3.8) is 0 Å². The highest BCUT2D eigenvalue weighted by atomic mass is 16.3. The van der Waals surface area contributed by atoms with E-state index in [4.69, 9.17) is 9.90 Å². The minimum Gasteiger partial charge on any atom is -0.385 e. The van der Waals surface area contributed by atoms with Crippen molar-refractivity contribution in [3.05, 3.63) is 0 Å². The lowest BCUT2D eigenvalue weighted by atomic mass is 10.5. The first kappa shape index (κ1) is 4.63. The molecule has 1 radical (unpaired) electrons. The largest absolute Gasteiger partial charge is 0.385 e. The maximum Gasteiger partial charge on any atom is 0.229 e. The molecule has 0 aromatic heterocycles. The summed E-state index contributed by atoms with van der Waals surface area (Å²) in [6.07, 6.45) is 0.412. The zero-order chi connectivity index (χ0) is 4.28. The van der Waals surface area contributed by atoms with Crippen molar-refractivity contribution in [2.24, 2.45) is 0 Å². The van der Waals surface area contributed by atoms with E-state index in [2.05, 4.69) is 0 Å². The van der Waals surface area contributed by atoms with Crippen LogP contribution in [0, 0.1) is 0 Å². The van der Waals surface area contributed by atoms with Crippen LogP contribution < -0.4 is 0 Å². The van der Waals surface area contributed by atoms with Gasteiger partial charge in [-0.15, -0.1) is 0 Å². The number of aliphatic hydroxyl groups is 1. The van der Waals surface area contributed by atoms with E-state index >= 15 is 0 Å². The van der Waals surface area contributed by atoms with Crippen LogP contribution in [0.25, 0.3) is 0 Å². The van der Waals surface area contributed by atoms with Crippen LogP contribution in [0.15, 0.2) is 0 Å². The predicted octanol–water partition coefficient (Wildman–Crippen LogP) is -0.523. The molecular weight excluding hydrogens is 68.0 g/mol. The lowest BCUT2D eigenvalue weighted by molar-refractivity contribution is 0.254. The molecule has 1 N–H and O–H groups in total. The first-order chi connectivity index (χ1) is 2.27. The van der Waals surface area contributed by atoms with Gasteiger partial charge >= 0.3 is 0 Å². The standard InChI is InChI=1S/C3H5O2/c1-3(5)2-4/h3,5H,1H3. The van der Waals surface area contributed by atoms with Crippen LogP contribution in [0.4, 0.5) is 0 Å². The normalized spacial score (nSPS) is 14.0. The van der Waals surface area contributed by atoms with Crippen molar-refractivity contribution >= 4 is 6.29 Å². The molecule has 1 unspecified atom stereocenters. The van der Waals surface area contributed by atoms with Gasteiger partial charge in [-0.25, -0.2) is 0 Å². The first-order valence-electron chi connectivity index (χ1n) is 1.33. The van der Waals surface area contributed by atoms with E-state index in [0.717, 1.165) is 0 Å². The molecule has 0 aromatic rings. The molecule has 0 amide bonds. The molecule has 0 fully saturated rings. The van der Waals surface area contributed by atoms with Gasteiger partial charge in [0.1, 0.15) is 6.10 Å². The van der Waals surface area contributed by atoms with E-state index < -0.39 is 6.10 Å². The monoisotopic (exact) mass is 73.0 g/mol. The summed E-state index contributed by atoms with van der Waals surface area (Å²) in [5, 5.41) is 7.94. The molecule has 0 aliphatic heterocycles. The number of hydrogen-bond donors (Lipinski definition) is 1. The molecule has 0 heterocycles. The van der Waals surface area contributed by atoms with E-state index in [-0.39, 0.29) is 0 Å². The molecule has 0 spiro atoms. The highest BCUT2D eigenvalue weighted by Crippen LogP contribution is 1.62. The van der Waals surface area contributed by atoms with E-state index in [1.807, 2.05) is 0 Å². The number of aliphatic hydroxyl groups excluding tert-OH is 1. The molecule has 2 nitrogen and oxygen atoms in total. The molecule has 1 atom stereocenters. The van der Waals surface area contributed by atoms with Crippen molar-refractivity contribution in [2.75, 3.05) is 0 Å². The number of carbonyl (C=O) groups excluding carboxylic acids is 1. The summed E-state index contributed by atoms with van der Waals surface area (Å²) in [7, 11) is 0. The van der Waals surface area contributed by atoms with E-state index in [1.165, 1.54) is 13.2 Å². The van der Waals surface area contributed by atoms with Gasteiger partial charge in [-0.2, -0.15) is 0 Å². The van der Waals surface area contributed by atoms with Crippen LogP contribution in [-0.4, -0.2) is 17.5 Å².